The minimum absolute atomic E-state index is 0.291. The number of hydrogen-bond acceptors (Lipinski definition) is 2. The highest BCUT2D eigenvalue weighted by molar-refractivity contribution is 7.82. The van der Waals surface area contributed by atoms with Crippen LogP contribution in [0.25, 0.3) is 0 Å². The lowest BCUT2D eigenvalue weighted by Gasteiger charge is -2.17. The van der Waals surface area contributed by atoms with E-state index in [0.717, 1.165) is 4.21 Å². The SMILES string of the molecule is Sc1cc(C(c2ccccc2)c2ccccc2)cs1. The van der Waals surface area contributed by atoms with Crippen LogP contribution in [0, 0.1) is 0 Å². The van der Waals surface area contributed by atoms with E-state index in [9.17, 15) is 0 Å². The topological polar surface area (TPSA) is 0 Å². The lowest BCUT2D eigenvalue weighted by atomic mass is 9.87. The molecule has 0 saturated heterocycles. The van der Waals surface area contributed by atoms with Crippen molar-refractivity contribution in [2.75, 3.05) is 0 Å². The third-order valence-electron chi connectivity index (χ3n) is 3.21. The van der Waals surface area contributed by atoms with Crippen molar-refractivity contribution in [1.82, 2.24) is 0 Å². The van der Waals surface area contributed by atoms with Gasteiger partial charge in [0.15, 0.2) is 0 Å². The average molecular weight is 282 g/mol. The minimum Gasteiger partial charge on any atom is -0.137 e. The van der Waals surface area contributed by atoms with E-state index in [2.05, 4.69) is 84.7 Å². The lowest BCUT2D eigenvalue weighted by Crippen LogP contribution is -2.01. The van der Waals surface area contributed by atoms with Crippen molar-refractivity contribution in [1.29, 1.82) is 0 Å². The van der Waals surface area contributed by atoms with Crippen LogP contribution in [0.3, 0.4) is 0 Å². The van der Waals surface area contributed by atoms with Crippen molar-refractivity contribution in [3.05, 3.63) is 88.8 Å². The maximum Gasteiger partial charge on any atom is 0.0571 e. The van der Waals surface area contributed by atoms with Crippen molar-refractivity contribution in [2.24, 2.45) is 0 Å². The molecule has 0 aliphatic heterocycles. The van der Waals surface area contributed by atoms with Crippen LogP contribution in [0.15, 0.2) is 76.3 Å². The molecule has 0 aliphatic rings. The van der Waals surface area contributed by atoms with Gasteiger partial charge in [0.25, 0.3) is 0 Å². The molecule has 0 saturated carbocycles. The Kier molecular flexibility index (Phi) is 3.72. The first kappa shape index (κ1) is 12.5. The average Bonchev–Trinajstić information content (AvgIpc) is 2.88. The normalized spacial score (nSPS) is 10.8. The highest BCUT2D eigenvalue weighted by Gasteiger charge is 2.17. The monoisotopic (exact) mass is 282 g/mol. The molecular formula is C17H14S2. The molecule has 94 valence electrons. The van der Waals surface area contributed by atoms with Gasteiger partial charge in [-0.25, -0.2) is 0 Å². The molecule has 2 heteroatoms. The van der Waals surface area contributed by atoms with E-state index >= 15 is 0 Å². The summed E-state index contributed by atoms with van der Waals surface area (Å²) in [4.78, 5) is 0. The van der Waals surface area contributed by atoms with Crippen molar-refractivity contribution < 1.29 is 0 Å². The molecule has 0 aliphatic carbocycles. The molecular weight excluding hydrogens is 268 g/mol. The van der Waals surface area contributed by atoms with Crippen LogP contribution in [0.4, 0.5) is 0 Å². The van der Waals surface area contributed by atoms with Crippen molar-refractivity contribution in [3.8, 4) is 0 Å². The molecule has 0 N–H and O–H groups in total. The molecule has 0 radical (unpaired) electrons. The predicted octanol–water partition coefficient (Wildman–Crippen LogP) is 5.22. The Hall–Kier alpha value is -1.51. The van der Waals surface area contributed by atoms with E-state index in [4.69, 9.17) is 0 Å². The van der Waals surface area contributed by atoms with Crippen molar-refractivity contribution >= 4 is 24.0 Å². The standard InChI is InChI=1S/C17H14S2/c18-16-11-15(12-19-16)17(13-7-3-1-4-8-13)14-9-5-2-6-10-14/h1-12,17-18H. The van der Waals surface area contributed by atoms with E-state index in [-0.39, 0.29) is 0 Å². The maximum atomic E-state index is 4.44. The number of thiol groups is 1. The van der Waals surface area contributed by atoms with E-state index in [1.165, 1.54) is 16.7 Å². The van der Waals surface area contributed by atoms with Gasteiger partial charge in [0.2, 0.25) is 0 Å². The molecule has 0 nitrogen and oxygen atoms in total. The zero-order valence-electron chi connectivity index (χ0n) is 10.4. The quantitative estimate of drug-likeness (QED) is 0.626. The smallest absolute Gasteiger partial charge is 0.0571 e. The second kappa shape index (κ2) is 5.64. The molecule has 19 heavy (non-hydrogen) atoms. The van der Waals surface area contributed by atoms with Crippen LogP contribution < -0.4 is 0 Å². The summed E-state index contributed by atoms with van der Waals surface area (Å²) in [6.07, 6.45) is 0. The predicted molar refractivity (Wildman–Crippen MR) is 85.4 cm³/mol. The Morgan fingerprint density at radius 2 is 1.26 bits per heavy atom. The molecule has 0 spiro atoms. The number of benzene rings is 2. The molecule has 0 amide bonds. The molecule has 0 bridgehead atoms. The zero-order chi connectivity index (χ0) is 13.1. The first-order valence-corrected chi connectivity index (χ1v) is 7.54. The fourth-order valence-corrected chi connectivity index (χ4v) is 3.33. The first-order valence-electron chi connectivity index (χ1n) is 6.22. The second-order valence-corrected chi connectivity index (χ2v) is 6.17. The Balaban J connectivity index is 2.11. The van der Waals surface area contributed by atoms with Gasteiger partial charge >= 0.3 is 0 Å². The first-order chi connectivity index (χ1) is 9.34. The Morgan fingerprint density at radius 3 is 1.68 bits per heavy atom. The Labute approximate surface area is 123 Å². The number of thiophene rings is 1. The van der Waals surface area contributed by atoms with Crippen molar-refractivity contribution in [2.45, 2.75) is 10.1 Å². The van der Waals surface area contributed by atoms with E-state index in [1.54, 1.807) is 11.3 Å². The summed E-state index contributed by atoms with van der Waals surface area (Å²) in [5.41, 5.74) is 3.95. The van der Waals surface area contributed by atoms with Crippen LogP contribution in [0.2, 0.25) is 0 Å². The Bertz CT molecular complexity index is 602. The van der Waals surface area contributed by atoms with Crippen LogP contribution >= 0.6 is 24.0 Å². The maximum absolute atomic E-state index is 4.44. The van der Waals surface area contributed by atoms with Gasteiger partial charge in [-0.1, -0.05) is 60.7 Å². The highest BCUT2D eigenvalue weighted by atomic mass is 32.2. The molecule has 0 atom stereocenters. The van der Waals surface area contributed by atoms with Crippen LogP contribution in [0.1, 0.15) is 22.6 Å². The molecule has 1 aromatic heterocycles. The van der Waals surface area contributed by atoms with Crippen LogP contribution in [0.5, 0.6) is 0 Å². The minimum atomic E-state index is 0.291. The fraction of sp³-hybridized carbons (Fsp3) is 0.0588. The summed E-state index contributed by atoms with van der Waals surface area (Å²) in [7, 11) is 0. The number of hydrogen-bond donors (Lipinski definition) is 1. The zero-order valence-corrected chi connectivity index (χ0v) is 12.1. The van der Waals surface area contributed by atoms with E-state index in [1.807, 2.05) is 0 Å². The summed E-state index contributed by atoms with van der Waals surface area (Å²) in [6.45, 7) is 0. The largest absolute Gasteiger partial charge is 0.137 e. The van der Waals surface area contributed by atoms with Gasteiger partial charge in [-0.3, -0.25) is 0 Å². The summed E-state index contributed by atoms with van der Waals surface area (Å²) in [6, 6.07) is 23.4. The van der Waals surface area contributed by atoms with Crippen LogP contribution in [-0.2, 0) is 0 Å². The van der Waals surface area contributed by atoms with E-state index in [0.29, 0.717) is 5.92 Å². The molecule has 1 heterocycles. The lowest BCUT2D eigenvalue weighted by molar-refractivity contribution is 0.982. The third kappa shape index (κ3) is 2.75. The van der Waals surface area contributed by atoms with Gasteiger partial charge in [-0.2, -0.15) is 0 Å². The van der Waals surface area contributed by atoms with Gasteiger partial charge in [-0.05, 0) is 28.1 Å². The van der Waals surface area contributed by atoms with Crippen LogP contribution in [-0.4, -0.2) is 0 Å². The second-order valence-electron chi connectivity index (χ2n) is 4.47. The van der Waals surface area contributed by atoms with Gasteiger partial charge in [0.05, 0.1) is 4.21 Å². The summed E-state index contributed by atoms with van der Waals surface area (Å²) >= 11 is 6.13. The molecule has 0 fully saturated rings. The van der Waals surface area contributed by atoms with Gasteiger partial charge < -0.3 is 0 Å². The molecule has 0 unspecified atom stereocenters. The third-order valence-corrected chi connectivity index (χ3v) is 4.40. The van der Waals surface area contributed by atoms with E-state index < -0.39 is 0 Å². The molecule has 3 aromatic rings. The Morgan fingerprint density at radius 1 is 0.737 bits per heavy atom. The van der Waals surface area contributed by atoms with Crippen molar-refractivity contribution in [3.63, 3.8) is 0 Å². The summed E-state index contributed by atoms with van der Waals surface area (Å²) < 4.78 is 1.06. The summed E-state index contributed by atoms with van der Waals surface area (Å²) in [5, 5.41) is 2.20. The van der Waals surface area contributed by atoms with Gasteiger partial charge in [0, 0.05) is 5.92 Å². The highest BCUT2D eigenvalue weighted by Crippen LogP contribution is 2.35. The molecule has 3 rings (SSSR count). The van der Waals surface area contributed by atoms with Gasteiger partial charge in [0.1, 0.15) is 0 Å². The summed E-state index contributed by atoms with van der Waals surface area (Å²) in [5.74, 6) is 0.291. The van der Waals surface area contributed by atoms with Gasteiger partial charge in [-0.15, -0.1) is 24.0 Å². The fourth-order valence-electron chi connectivity index (χ4n) is 2.36. The number of rotatable bonds is 3. The molecule has 2 aromatic carbocycles.